The molecule has 0 aromatic rings. The lowest BCUT2D eigenvalue weighted by Gasteiger charge is -2.34. The smallest absolute Gasteiger partial charge is 0.323 e. The van der Waals surface area contributed by atoms with E-state index in [4.69, 9.17) is 13.0 Å². The first-order chi connectivity index (χ1) is 9.72. The summed E-state index contributed by atoms with van der Waals surface area (Å²) in [5.74, 6) is 0. The van der Waals surface area contributed by atoms with Crippen LogP contribution in [-0.4, -0.2) is 29.8 Å². The van der Waals surface area contributed by atoms with E-state index in [0.717, 1.165) is 19.4 Å². The van der Waals surface area contributed by atoms with Crippen molar-refractivity contribution in [1.29, 1.82) is 0 Å². The Kier molecular flexibility index (Phi) is 11.1. The summed E-state index contributed by atoms with van der Waals surface area (Å²) in [6.07, 6.45) is 8.82. The lowest BCUT2D eigenvalue weighted by atomic mass is 10.2. The molecular weight excluding hydrogens is 296 g/mol. The normalized spacial score (nSPS) is 14.4. The monoisotopic (exact) mass is 334 g/mol. The molecule has 0 fully saturated rings. The summed E-state index contributed by atoms with van der Waals surface area (Å²) in [6.45, 7) is 16.0. The molecule has 0 saturated heterocycles. The zero-order chi connectivity index (χ0) is 16.4. The SMILES string of the molecule is CCCCCCO[Si](C)(C)O[Si](C)(C)OC(C)CCCC. The molecule has 21 heavy (non-hydrogen) atoms. The van der Waals surface area contributed by atoms with Gasteiger partial charge in [0.15, 0.2) is 0 Å². The van der Waals surface area contributed by atoms with Crippen molar-refractivity contribution in [1.82, 2.24) is 0 Å². The Bertz CT molecular complexity index is 258. The fraction of sp³-hybridized carbons (Fsp3) is 1.00. The van der Waals surface area contributed by atoms with E-state index in [-0.39, 0.29) is 0 Å². The Hall–Kier alpha value is 0.314. The topological polar surface area (TPSA) is 27.7 Å². The summed E-state index contributed by atoms with van der Waals surface area (Å²) < 4.78 is 18.6. The second kappa shape index (κ2) is 10.9. The van der Waals surface area contributed by atoms with Crippen molar-refractivity contribution < 1.29 is 13.0 Å². The summed E-state index contributed by atoms with van der Waals surface area (Å²) in [5, 5.41) is 0. The Labute approximate surface area is 135 Å². The van der Waals surface area contributed by atoms with Gasteiger partial charge in [-0.1, -0.05) is 46.0 Å². The zero-order valence-electron chi connectivity index (χ0n) is 15.5. The minimum atomic E-state index is -2.09. The Balaban J connectivity index is 4.08. The first kappa shape index (κ1) is 21.3. The van der Waals surface area contributed by atoms with Gasteiger partial charge >= 0.3 is 17.1 Å². The van der Waals surface area contributed by atoms with Crippen LogP contribution in [0, 0.1) is 0 Å². The molecule has 0 aromatic carbocycles. The van der Waals surface area contributed by atoms with Crippen molar-refractivity contribution in [3.8, 4) is 0 Å². The highest BCUT2D eigenvalue weighted by molar-refractivity contribution is 6.78. The van der Waals surface area contributed by atoms with Crippen molar-refractivity contribution in [3.63, 3.8) is 0 Å². The van der Waals surface area contributed by atoms with Crippen LogP contribution in [0.15, 0.2) is 0 Å². The van der Waals surface area contributed by atoms with Crippen LogP contribution in [0.5, 0.6) is 0 Å². The van der Waals surface area contributed by atoms with Crippen LogP contribution in [-0.2, 0) is 13.0 Å². The quantitative estimate of drug-likeness (QED) is 0.324. The van der Waals surface area contributed by atoms with Gasteiger partial charge in [-0.25, -0.2) is 0 Å². The van der Waals surface area contributed by atoms with Crippen LogP contribution in [0.3, 0.4) is 0 Å². The maximum Gasteiger partial charge on any atom is 0.323 e. The van der Waals surface area contributed by atoms with E-state index < -0.39 is 17.1 Å². The average molecular weight is 335 g/mol. The molecule has 5 heteroatoms. The number of unbranched alkanes of at least 4 members (excludes halogenated alkanes) is 4. The molecule has 0 bridgehead atoms. The van der Waals surface area contributed by atoms with Crippen molar-refractivity contribution in [2.24, 2.45) is 0 Å². The van der Waals surface area contributed by atoms with Crippen LogP contribution in [0.2, 0.25) is 26.2 Å². The van der Waals surface area contributed by atoms with Gasteiger partial charge in [0.2, 0.25) is 0 Å². The molecule has 0 aromatic heterocycles. The highest BCUT2D eigenvalue weighted by Crippen LogP contribution is 2.20. The maximum atomic E-state index is 6.32. The molecular formula is C16H38O3Si2. The van der Waals surface area contributed by atoms with Crippen molar-refractivity contribution in [2.45, 2.75) is 98.0 Å². The second-order valence-electron chi connectivity index (χ2n) is 6.88. The Morgan fingerprint density at radius 1 is 0.810 bits per heavy atom. The van der Waals surface area contributed by atoms with Gasteiger partial charge in [0.25, 0.3) is 0 Å². The van der Waals surface area contributed by atoms with Gasteiger partial charge in [-0.05, 0) is 46.0 Å². The third kappa shape index (κ3) is 12.5. The summed E-state index contributed by atoms with van der Waals surface area (Å²) in [4.78, 5) is 0. The van der Waals surface area contributed by atoms with Crippen molar-refractivity contribution in [3.05, 3.63) is 0 Å². The third-order valence-corrected chi connectivity index (χ3v) is 9.19. The molecule has 0 rings (SSSR count). The predicted molar refractivity (Wildman–Crippen MR) is 96.2 cm³/mol. The molecule has 0 saturated carbocycles. The van der Waals surface area contributed by atoms with E-state index >= 15 is 0 Å². The fourth-order valence-corrected chi connectivity index (χ4v) is 9.41. The van der Waals surface area contributed by atoms with Gasteiger partial charge in [0.05, 0.1) is 0 Å². The van der Waals surface area contributed by atoms with Crippen molar-refractivity contribution >= 4 is 17.1 Å². The van der Waals surface area contributed by atoms with Crippen LogP contribution < -0.4 is 0 Å². The summed E-state index contributed by atoms with van der Waals surface area (Å²) in [5.41, 5.74) is 0. The number of hydrogen-bond donors (Lipinski definition) is 0. The van der Waals surface area contributed by atoms with Crippen LogP contribution in [0.1, 0.15) is 65.7 Å². The molecule has 0 aliphatic rings. The molecule has 0 amide bonds. The van der Waals surface area contributed by atoms with E-state index in [2.05, 4.69) is 47.0 Å². The van der Waals surface area contributed by atoms with Gasteiger partial charge in [0, 0.05) is 12.7 Å². The molecule has 0 radical (unpaired) electrons. The Morgan fingerprint density at radius 3 is 2.00 bits per heavy atom. The summed E-state index contributed by atoms with van der Waals surface area (Å²) >= 11 is 0. The van der Waals surface area contributed by atoms with Gasteiger partial charge < -0.3 is 13.0 Å². The average Bonchev–Trinajstić information content (AvgIpc) is 2.34. The minimum Gasteiger partial charge on any atom is -0.415 e. The van der Waals surface area contributed by atoms with E-state index in [9.17, 15) is 0 Å². The first-order valence-electron chi connectivity index (χ1n) is 8.74. The maximum absolute atomic E-state index is 6.32. The van der Waals surface area contributed by atoms with Gasteiger partial charge in [-0.15, -0.1) is 0 Å². The highest BCUT2D eigenvalue weighted by atomic mass is 28.5. The summed E-state index contributed by atoms with van der Waals surface area (Å²) in [7, 11) is -4.15. The van der Waals surface area contributed by atoms with Gasteiger partial charge in [-0.3, -0.25) is 0 Å². The highest BCUT2D eigenvalue weighted by Gasteiger charge is 2.37. The minimum absolute atomic E-state index is 0.293. The molecule has 1 atom stereocenters. The van der Waals surface area contributed by atoms with Crippen LogP contribution in [0.4, 0.5) is 0 Å². The van der Waals surface area contributed by atoms with Gasteiger partial charge in [-0.2, -0.15) is 0 Å². The Morgan fingerprint density at radius 2 is 1.43 bits per heavy atom. The molecule has 0 aliphatic heterocycles. The standard InChI is InChI=1S/C16H38O3Si2/c1-8-10-12-13-15-17-20(4,5)19-21(6,7)18-16(3)14-11-9-2/h16H,8-15H2,1-7H3. The lowest BCUT2D eigenvalue weighted by Crippen LogP contribution is -2.49. The van der Waals surface area contributed by atoms with E-state index in [1.165, 1.54) is 32.1 Å². The summed E-state index contributed by atoms with van der Waals surface area (Å²) in [6, 6.07) is 0. The van der Waals surface area contributed by atoms with Gasteiger partial charge in [0.1, 0.15) is 0 Å². The number of rotatable bonds is 13. The molecule has 1 unspecified atom stereocenters. The molecule has 0 N–H and O–H groups in total. The molecule has 3 nitrogen and oxygen atoms in total. The third-order valence-electron chi connectivity index (χ3n) is 3.39. The predicted octanol–water partition coefficient (Wildman–Crippen LogP) is 5.60. The van der Waals surface area contributed by atoms with E-state index in [1.54, 1.807) is 0 Å². The van der Waals surface area contributed by atoms with Crippen molar-refractivity contribution in [2.75, 3.05) is 6.61 Å². The lowest BCUT2D eigenvalue weighted by molar-refractivity contribution is 0.143. The van der Waals surface area contributed by atoms with Crippen LogP contribution >= 0.6 is 0 Å². The molecule has 0 spiro atoms. The fourth-order valence-electron chi connectivity index (χ4n) is 2.53. The molecule has 128 valence electrons. The molecule has 0 heterocycles. The van der Waals surface area contributed by atoms with Crippen LogP contribution in [0.25, 0.3) is 0 Å². The van der Waals surface area contributed by atoms with E-state index in [0.29, 0.717) is 6.10 Å². The largest absolute Gasteiger partial charge is 0.415 e. The number of hydrogen-bond acceptors (Lipinski definition) is 3. The van der Waals surface area contributed by atoms with E-state index in [1.807, 2.05) is 0 Å². The zero-order valence-corrected chi connectivity index (χ0v) is 17.5. The first-order valence-corrected chi connectivity index (χ1v) is 14.4. The molecule has 0 aliphatic carbocycles. The second-order valence-corrected chi connectivity index (χ2v) is 13.8.